The van der Waals surface area contributed by atoms with Crippen LogP contribution in [0.4, 0.5) is 5.69 Å². The van der Waals surface area contributed by atoms with Gasteiger partial charge in [-0.2, -0.15) is 0 Å². The van der Waals surface area contributed by atoms with E-state index in [9.17, 15) is 4.79 Å². The number of H-pyrrole nitrogens is 1. The molecule has 0 fully saturated rings. The number of aromatic amines is 1. The van der Waals surface area contributed by atoms with Gasteiger partial charge in [0.15, 0.2) is 0 Å². The van der Waals surface area contributed by atoms with Crippen molar-refractivity contribution in [2.24, 2.45) is 0 Å². The number of amides is 1. The minimum atomic E-state index is 0.0379. The predicted octanol–water partition coefficient (Wildman–Crippen LogP) is 2.52. The van der Waals surface area contributed by atoms with Crippen molar-refractivity contribution in [1.29, 1.82) is 0 Å². The van der Waals surface area contributed by atoms with Crippen molar-refractivity contribution in [3.63, 3.8) is 0 Å². The summed E-state index contributed by atoms with van der Waals surface area (Å²) in [5, 5.41) is 3.97. The smallest absolute Gasteiger partial charge is 0.224 e. The number of aromatic nitrogens is 1. The first-order valence-electron chi connectivity index (χ1n) is 4.66. The Hall–Kier alpha value is -1.77. The summed E-state index contributed by atoms with van der Waals surface area (Å²) in [6.07, 6.45) is 2.39. The normalized spacial score (nSPS) is 10.4. The molecule has 1 aromatic heterocycles. The van der Waals surface area contributed by atoms with Gasteiger partial charge in [-0.05, 0) is 23.6 Å². The van der Waals surface area contributed by atoms with Crippen molar-refractivity contribution >= 4 is 22.5 Å². The van der Waals surface area contributed by atoms with Crippen LogP contribution in [0.15, 0.2) is 30.5 Å². The van der Waals surface area contributed by atoms with E-state index >= 15 is 0 Å². The summed E-state index contributed by atoms with van der Waals surface area (Å²) in [5.41, 5.74) is 1.88. The van der Waals surface area contributed by atoms with Crippen molar-refractivity contribution in [2.75, 3.05) is 5.32 Å². The molecule has 0 bridgehead atoms. The molecule has 2 aromatic rings. The summed E-state index contributed by atoms with van der Waals surface area (Å²) in [4.78, 5) is 14.2. The largest absolute Gasteiger partial charge is 0.361 e. The van der Waals surface area contributed by atoms with Crippen LogP contribution in [-0.2, 0) is 4.79 Å². The molecule has 0 aliphatic heterocycles. The summed E-state index contributed by atoms with van der Waals surface area (Å²) in [7, 11) is 0. The van der Waals surface area contributed by atoms with E-state index in [0.29, 0.717) is 6.42 Å². The topological polar surface area (TPSA) is 44.9 Å². The number of benzene rings is 1. The van der Waals surface area contributed by atoms with Crippen LogP contribution in [0.2, 0.25) is 0 Å². The summed E-state index contributed by atoms with van der Waals surface area (Å²) in [6.45, 7) is 1.84. The number of hydrogen-bond acceptors (Lipinski definition) is 1. The summed E-state index contributed by atoms with van der Waals surface area (Å²) in [5.74, 6) is 0.0379. The lowest BCUT2D eigenvalue weighted by molar-refractivity contribution is -0.115. The fourth-order valence-electron chi connectivity index (χ4n) is 1.37. The van der Waals surface area contributed by atoms with Crippen LogP contribution in [-0.4, -0.2) is 10.9 Å². The molecule has 0 aliphatic rings. The molecular weight excluding hydrogens is 176 g/mol. The van der Waals surface area contributed by atoms with Gasteiger partial charge in [0.05, 0.1) is 0 Å². The first-order chi connectivity index (χ1) is 6.79. The van der Waals surface area contributed by atoms with Gasteiger partial charge in [-0.1, -0.05) is 13.0 Å². The standard InChI is InChI=1S/C11H12N2O/c1-2-11(14)13-9-4-3-8-5-6-12-10(8)7-9/h3-7,12H,2H2,1H3,(H,13,14). The third-order valence-electron chi connectivity index (χ3n) is 2.16. The second-order valence-corrected chi connectivity index (χ2v) is 3.18. The molecule has 0 unspecified atom stereocenters. The predicted molar refractivity (Wildman–Crippen MR) is 57.2 cm³/mol. The lowest BCUT2D eigenvalue weighted by atomic mass is 10.2. The summed E-state index contributed by atoms with van der Waals surface area (Å²) in [6, 6.07) is 7.82. The highest BCUT2D eigenvalue weighted by molar-refractivity contribution is 5.93. The molecular formula is C11H12N2O. The molecule has 2 rings (SSSR count). The van der Waals surface area contributed by atoms with Crippen molar-refractivity contribution in [3.05, 3.63) is 30.5 Å². The van der Waals surface area contributed by atoms with Gasteiger partial charge in [0.25, 0.3) is 0 Å². The zero-order valence-corrected chi connectivity index (χ0v) is 8.00. The van der Waals surface area contributed by atoms with Crippen LogP contribution >= 0.6 is 0 Å². The van der Waals surface area contributed by atoms with E-state index in [2.05, 4.69) is 10.3 Å². The molecule has 14 heavy (non-hydrogen) atoms. The Kier molecular flexibility index (Phi) is 2.23. The molecule has 0 spiro atoms. The van der Waals surface area contributed by atoms with Crippen LogP contribution in [0.3, 0.4) is 0 Å². The molecule has 1 amide bonds. The molecule has 0 radical (unpaired) electrons. The third-order valence-corrected chi connectivity index (χ3v) is 2.16. The average Bonchev–Trinajstić information content (AvgIpc) is 2.64. The Morgan fingerprint density at radius 1 is 1.43 bits per heavy atom. The Morgan fingerprint density at radius 2 is 2.29 bits per heavy atom. The molecule has 3 heteroatoms. The highest BCUT2D eigenvalue weighted by Gasteiger charge is 2.00. The average molecular weight is 188 g/mol. The minimum Gasteiger partial charge on any atom is -0.361 e. The Bertz CT molecular complexity index is 459. The molecule has 3 nitrogen and oxygen atoms in total. The van der Waals surface area contributed by atoms with Crippen molar-refractivity contribution in [1.82, 2.24) is 4.98 Å². The molecule has 0 atom stereocenters. The SMILES string of the molecule is CCC(=O)Nc1ccc2cc[nH]c2c1. The number of anilines is 1. The van der Waals surface area contributed by atoms with E-state index in [1.54, 1.807) is 0 Å². The van der Waals surface area contributed by atoms with Crippen molar-refractivity contribution in [2.45, 2.75) is 13.3 Å². The number of fused-ring (bicyclic) bond motifs is 1. The van der Waals surface area contributed by atoms with E-state index in [0.717, 1.165) is 16.6 Å². The number of carbonyl (C=O) groups excluding carboxylic acids is 1. The van der Waals surface area contributed by atoms with Crippen molar-refractivity contribution in [3.8, 4) is 0 Å². The van der Waals surface area contributed by atoms with Crippen LogP contribution in [0.25, 0.3) is 10.9 Å². The van der Waals surface area contributed by atoms with Crippen LogP contribution in [0.1, 0.15) is 13.3 Å². The zero-order chi connectivity index (χ0) is 9.97. The molecule has 0 saturated heterocycles. The third kappa shape index (κ3) is 1.62. The lowest BCUT2D eigenvalue weighted by Gasteiger charge is -2.02. The van der Waals surface area contributed by atoms with Gasteiger partial charge < -0.3 is 10.3 Å². The Labute approximate surface area is 82.1 Å². The van der Waals surface area contributed by atoms with Crippen LogP contribution in [0, 0.1) is 0 Å². The maximum absolute atomic E-state index is 11.1. The van der Waals surface area contributed by atoms with Crippen LogP contribution < -0.4 is 5.32 Å². The van der Waals surface area contributed by atoms with E-state index in [4.69, 9.17) is 0 Å². The number of hydrogen-bond donors (Lipinski definition) is 2. The van der Waals surface area contributed by atoms with E-state index in [1.165, 1.54) is 0 Å². The Morgan fingerprint density at radius 3 is 3.07 bits per heavy atom. The lowest BCUT2D eigenvalue weighted by Crippen LogP contribution is -2.08. The summed E-state index contributed by atoms with van der Waals surface area (Å²) >= 11 is 0. The highest BCUT2D eigenvalue weighted by atomic mass is 16.1. The second-order valence-electron chi connectivity index (χ2n) is 3.18. The molecule has 72 valence electrons. The fraction of sp³-hybridized carbons (Fsp3) is 0.182. The second kappa shape index (κ2) is 3.54. The quantitative estimate of drug-likeness (QED) is 0.747. The number of nitrogens with one attached hydrogen (secondary N) is 2. The van der Waals surface area contributed by atoms with Gasteiger partial charge in [0.2, 0.25) is 5.91 Å². The molecule has 2 N–H and O–H groups in total. The minimum absolute atomic E-state index is 0.0379. The molecule has 1 heterocycles. The highest BCUT2D eigenvalue weighted by Crippen LogP contribution is 2.17. The van der Waals surface area contributed by atoms with Crippen molar-refractivity contribution < 1.29 is 4.79 Å². The number of rotatable bonds is 2. The number of carbonyl (C=O) groups is 1. The van der Waals surface area contributed by atoms with Gasteiger partial charge in [-0.15, -0.1) is 0 Å². The van der Waals surface area contributed by atoms with E-state index < -0.39 is 0 Å². The molecule has 1 aromatic carbocycles. The maximum Gasteiger partial charge on any atom is 0.224 e. The maximum atomic E-state index is 11.1. The first kappa shape index (κ1) is 8.81. The zero-order valence-electron chi connectivity index (χ0n) is 8.00. The van der Waals surface area contributed by atoms with Gasteiger partial charge in [0, 0.05) is 23.8 Å². The molecule has 0 aliphatic carbocycles. The Balaban J connectivity index is 2.30. The van der Waals surface area contributed by atoms with E-state index in [-0.39, 0.29) is 5.91 Å². The summed E-state index contributed by atoms with van der Waals surface area (Å²) < 4.78 is 0. The van der Waals surface area contributed by atoms with E-state index in [1.807, 2.05) is 37.4 Å². The first-order valence-corrected chi connectivity index (χ1v) is 4.66. The van der Waals surface area contributed by atoms with Gasteiger partial charge in [0.1, 0.15) is 0 Å². The molecule has 0 saturated carbocycles. The van der Waals surface area contributed by atoms with Crippen LogP contribution in [0.5, 0.6) is 0 Å². The monoisotopic (exact) mass is 188 g/mol. The fourth-order valence-corrected chi connectivity index (χ4v) is 1.37. The van der Waals surface area contributed by atoms with Gasteiger partial charge >= 0.3 is 0 Å². The van der Waals surface area contributed by atoms with Gasteiger partial charge in [-0.3, -0.25) is 4.79 Å². The van der Waals surface area contributed by atoms with Gasteiger partial charge in [-0.25, -0.2) is 0 Å².